The number of carbonyl (C=O) groups excluding carboxylic acids is 4. The van der Waals surface area contributed by atoms with Gasteiger partial charge in [-0.15, -0.1) is 0 Å². The summed E-state index contributed by atoms with van der Waals surface area (Å²) in [5, 5.41) is 10.7. The number of carbonyl (C=O) groups is 4. The molecule has 618 valence electrons. The number of aliphatic hydroxyl groups excluding tert-OH is 1. The Morgan fingerprint density at radius 1 is 0.279 bits per heavy atom. The maximum absolute atomic E-state index is 13.1. The normalized spacial score (nSPS) is 14.2. The van der Waals surface area contributed by atoms with E-state index in [-0.39, 0.29) is 25.7 Å². The average molecular weight is 1520 g/mol. The molecule has 0 aliphatic carbocycles. The lowest BCUT2D eigenvalue weighted by Crippen LogP contribution is -2.30. The zero-order valence-corrected chi connectivity index (χ0v) is 70.3. The zero-order chi connectivity index (χ0) is 76.5. The molecule has 0 rings (SSSR count). The van der Waals surface area contributed by atoms with Crippen LogP contribution in [-0.2, 0) is 65.4 Å². The molecule has 0 saturated carbocycles. The molecule has 6 atom stereocenters. The molecule has 3 N–H and O–H groups in total. The Bertz CT molecular complexity index is 2010. The quantitative estimate of drug-likeness (QED) is 0.0222. The molecule has 0 saturated heterocycles. The first-order valence-electron chi connectivity index (χ1n) is 43.9. The summed E-state index contributed by atoms with van der Waals surface area (Å²) in [7, 11) is -9.93. The average Bonchev–Trinajstić information content (AvgIpc) is 0.918. The standard InChI is InChI=1S/C85H166O17P2/c1-8-10-11-12-13-14-15-16-17-18-19-20-21-22-23-24-27-33-38-47-54-61-68-84(89)101-80(72-95-82(87)66-59-52-45-37-32-28-25-26-30-35-42-49-56-63-76(3)4)74-99-103(91,92)97-70-79(86)71-98-104(93,94)100-75-81(73-96-83(88)67-60-53-46-41-40-44-51-58-65-78(7)9-2)102-85(90)69-62-55-48-39-34-29-31-36-43-50-57-64-77(5)6/h76-81,86H,8-75H2,1-7H3,(H,91,92)(H,93,94)/t78?,79-,80-,81-/m1/s1. The molecule has 3 unspecified atom stereocenters. The van der Waals surface area contributed by atoms with E-state index in [0.29, 0.717) is 25.7 Å². The first-order valence-corrected chi connectivity index (χ1v) is 46.9. The van der Waals surface area contributed by atoms with Crippen LogP contribution in [-0.4, -0.2) is 96.7 Å². The van der Waals surface area contributed by atoms with Crippen molar-refractivity contribution < 1.29 is 80.2 Å². The molecule has 0 aromatic heterocycles. The summed E-state index contributed by atoms with van der Waals surface area (Å²) < 4.78 is 68.9. The Kier molecular flexibility index (Phi) is 73.7. The predicted molar refractivity (Wildman–Crippen MR) is 428 cm³/mol. The van der Waals surface area contributed by atoms with Gasteiger partial charge in [0.2, 0.25) is 0 Å². The smallest absolute Gasteiger partial charge is 0.462 e. The topological polar surface area (TPSA) is 237 Å². The Hall–Kier alpha value is -1.94. The minimum Gasteiger partial charge on any atom is -0.462 e. The van der Waals surface area contributed by atoms with Gasteiger partial charge in [-0.2, -0.15) is 0 Å². The largest absolute Gasteiger partial charge is 0.472 e. The Morgan fingerprint density at radius 3 is 0.731 bits per heavy atom. The second-order valence-electron chi connectivity index (χ2n) is 31.8. The van der Waals surface area contributed by atoms with E-state index < -0.39 is 97.5 Å². The Morgan fingerprint density at radius 2 is 0.490 bits per heavy atom. The van der Waals surface area contributed by atoms with Crippen molar-refractivity contribution in [2.45, 2.75) is 465 Å². The highest BCUT2D eigenvalue weighted by Gasteiger charge is 2.30. The summed E-state index contributed by atoms with van der Waals surface area (Å²) in [4.78, 5) is 73.2. The van der Waals surface area contributed by atoms with Crippen LogP contribution in [0.4, 0.5) is 0 Å². The molecular formula is C85H166O17P2. The van der Waals surface area contributed by atoms with E-state index in [9.17, 15) is 43.2 Å². The number of hydrogen-bond donors (Lipinski definition) is 3. The van der Waals surface area contributed by atoms with Crippen LogP contribution in [0.2, 0.25) is 0 Å². The molecule has 0 aromatic rings. The van der Waals surface area contributed by atoms with Crippen LogP contribution < -0.4 is 0 Å². The molecule has 104 heavy (non-hydrogen) atoms. The highest BCUT2D eigenvalue weighted by atomic mass is 31.2. The third-order valence-corrected chi connectivity index (χ3v) is 22.1. The van der Waals surface area contributed by atoms with Crippen molar-refractivity contribution in [2.75, 3.05) is 39.6 Å². The first-order chi connectivity index (χ1) is 50.3. The number of unbranched alkanes of at least 4 members (excludes halogenated alkanes) is 50. The summed E-state index contributed by atoms with van der Waals surface area (Å²) in [6, 6.07) is 0. The lowest BCUT2D eigenvalue weighted by Gasteiger charge is -2.21. The number of phosphoric ester groups is 2. The van der Waals surface area contributed by atoms with Crippen molar-refractivity contribution in [3.05, 3.63) is 0 Å². The molecule has 0 amide bonds. The van der Waals surface area contributed by atoms with Gasteiger partial charge in [-0.1, -0.05) is 395 Å². The first kappa shape index (κ1) is 102. The maximum atomic E-state index is 13.1. The Labute approximate surface area is 638 Å². The van der Waals surface area contributed by atoms with Crippen molar-refractivity contribution in [1.82, 2.24) is 0 Å². The van der Waals surface area contributed by atoms with Crippen LogP contribution in [0.5, 0.6) is 0 Å². The van der Waals surface area contributed by atoms with Crippen molar-refractivity contribution >= 4 is 39.5 Å². The van der Waals surface area contributed by atoms with Gasteiger partial charge in [-0.05, 0) is 43.4 Å². The van der Waals surface area contributed by atoms with Crippen molar-refractivity contribution in [3.63, 3.8) is 0 Å². The summed E-state index contributed by atoms with van der Waals surface area (Å²) in [6.45, 7) is 12.0. The maximum Gasteiger partial charge on any atom is 0.472 e. The lowest BCUT2D eigenvalue weighted by atomic mass is 9.99. The molecule has 19 heteroatoms. The van der Waals surface area contributed by atoms with Gasteiger partial charge >= 0.3 is 39.5 Å². The fourth-order valence-corrected chi connectivity index (χ4v) is 14.7. The monoisotopic (exact) mass is 1520 g/mol. The van der Waals surface area contributed by atoms with Crippen molar-refractivity contribution in [2.24, 2.45) is 17.8 Å². The number of hydrogen-bond acceptors (Lipinski definition) is 15. The molecule has 0 spiro atoms. The Balaban J connectivity index is 5.24. The lowest BCUT2D eigenvalue weighted by molar-refractivity contribution is -0.161. The van der Waals surface area contributed by atoms with Gasteiger partial charge in [0.25, 0.3) is 0 Å². The number of esters is 4. The van der Waals surface area contributed by atoms with Gasteiger partial charge in [0, 0.05) is 25.7 Å². The van der Waals surface area contributed by atoms with Gasteiger partial charge in [0.05, 0.1) is 26.4 Å². The fourth-order valence-electron chi connectivity index (χ4n) is 13.2. The summed E-state index contributed by atoms with van der Waals surface area (Å²) >= 11 is 0. The van der Waals surface area contributed by atoms with E-state index in [0.717, 1.165) is 108 Å². The number of aliphatic hydroxyl groups is 1. The fraction of sp³-hybridized carbons (Fsp3) is 0.953. The molecule has 0 aliphatic rings. The van der Waals surface area contributed by atoms with Crippen LogP contribution in [0.1, 0.15) is 447 Å². The van der Waals surface area contributed by atoms with E-state index >= 15 is 0 Å². The van der Waals surface area contributed by atoms with E-state index in [1.54, 1.807) is 0 Å². The second kappa shape index (κ2) is 75.1. The van der Waals surface area contributed by atoms with Gasteiger partial charge in [0.15, 0.2) is 12.2 Å². The van der Waals surface area contributed by atoms with Crippen LogP contribution in [0.25, 0.3) is 0 Å². The van der Waals surface area contributed by atoms with Crippen LogP contribution in [0, 0.1) is 17.8 Å². The molecule has 0 bridgehead atoms. The van der Waals surface area contributed by atoms with E-state index in [1.165, 1.54) is 257 Å². The number of rotatable bonds is 83. The van der Waals surface area contributed by atoms with Crippen LogP contribution >= 0.6 is 15.6 Å². The third-order valence-electron chi connectivity index (χ3n) is 20.2. The molecular weight excluding hydrogens is 1350 g/mol. The molecule has 0 radical (unpaired) electrons. The number of ether oxygens (including phenoxy) is 4. The van der Waals surface area contributed by atoms with E-state index in [2.05, 4.69) is 48.5 Å². The molecule has 0 aromatic carbocycles. The minimum absolute atomic E-state index is 0.106. The van der Waals surface area contributed by atoms with Gasteiger partial charge in [0.1, 0.15) is 19.3 Å². The predicted octanol–water partition coefficient (Wildman–Crippen LogP) is 25.7. The minimum atomic E-state index is -4.97. The third kappa shape index (κ3) is 76.8. The van der Waals surface area contributed by atoms with Gasteiger partial charge < -0.3 is 33.8 Å². The highest BCUT2D eigenvalue weighted by molar-refractivity contribution is 7.47. The summed E-state index contributed by atoms with van der Waals surface area (Å²) in [5.41, 5.74) is 0. The van der Waals surface area contributed by atoms with E-state index in [4.69, 9.17) is 37.0 Å². The molecule has 17 nitrogen and oxygen atoms in total. The SMILES string of the molecule is CCCCCCCCCCCCCCCCCCCCCCCCC(=O)O[C@H](COC(=O)CCCCCCCCCCCCCCCC(C)C)COP(=O)(O)OC[C@@H](O)COP(=O)(O)OC[C@@H](COC(=O)CCCCCCCCCCC(C)CC)OC(=O)CCCCCCCCCCCCCC(C)C. The van der Waals surface area contributed by atoms with Crippen molar-refractivity contribution in [1.29, 1.82) is 0 Å². The van der Waals surface area contributed by atoms with Gasteiger partial charge in [-0.25, -0.2) is 9.13 Å². The number of phosphoric acid groups is 2. The van der Waals surface area contributed by atoms with E-state index in [1.807, 2.05) is 0 Å². The highest BCUT2D eigenvalue weighted by Crippen LogP contribution is 2.45. The molecule has 0 aliphatic heterocycles. The summed E-state index contributed by atoms with van der Waals surface area (Å²) in [6.07, 6.45) is 65.3. The van der Waals surface area contributed by atoms with Gasteiger partial charge in [-0.3, -0.25) is 37.3 Å². The second-order valence-corrected chi connectivity index (χ2v) is 34.7. The zero-order valence-electron chi connectivity index (χ0n) is 68.5. The van der Waals surface area contributed by atoms with Crippen molar-refractivity contribution in [3.8, 4) is 0 Å². The summed E-state index contributed by atoms with van der Waals surface area (Å²) in [5.74, 6) is 0.226. The van der Waals surface area contributed by atoms with Crippen LogP contribution in [0.15, 0.2) is 0 Å². The molecule has 0 heterocycles. The van der Waals surface area contributed by atoms with Crippen LogP contribution in [0.3, 0.4) is 0 Å². The molecule has 0 fully saturated rings.